The molecule has 0 saturated heterocycles. The second-order valence-electron chi connectivity index (χ2n) is 4.77. The van der Waals surface area contributed by atoms with Crippen molar-refractivity contribution in [1.29, 1.82) is 0 Å². The van der Waals surface area contributed by atoms with Gasteiger partial charge in [-0.1, -0.05) is 24.3 Å². The Kier molecular flexibility index (Phi) is 2.24. The topological polar surface area (TPSA) is 46.3 Å². The second kappa shape index (κ2) is 4.05. The molecule has 19 heavy (non-hydrogen) atoms. The van der Waals surface area contributed by atoms with E-state index in [1.54, 1.807) is 10.8 Å². The minimum absolute atomic E-state index is 0.779. The van der Waals surface area contributed by atoms with Crippen LogP contribution in [0, 0.1) is 0 Å². The zero-order valence-corrected chi connectivity index (χ0v) is 10.4. The molecule has 3 heterocycles. The van der Waals surface area contributed by atoms with Gasteiger partial charge < -0.3 is 4.90 Å². The van der Waals surface area contributed by atoms with Crippen LogP contribution in [0.1, 0.15) is 11.1 Å². The maximum atomic E-state index is 4.55. The predicted molar refractivity (Wildman–Crippen MR) is 72.0 cm³/mol. The molecular formula is C14H13N5. The number of hydrogen-bond acceptors (Lipinski definition) is 4. The fourth-order valence-electron chi connectivity index (χ4n) is 2.58. The molecule has 3 aromatic rings. The molecule has 94 valence electrons. The van der Waals surface area contributed by atoms with E-state index in [0.29, 0.717) is 0 Å². The molecule has 5 heteroatoms. The zero-order chi connectivity index (χ0) is 12.7. The Bertz CT molecular complexity index is 733. The van der Waals surface area contributed by atoms with E-state index in [1.165, 1.54) is 11.1 Å². The summed E-state index contributed by atoms with van der Waals surface area (Å²) in [5, 5.41) is 12.4. The van der Waals surface area contributed by atoms with E-state index in [1.807, 2.05) is 12.1 Å². The molecular weight excluding hydrogens is 238 g/mol. The summed E-state index contributed by atoms with van der Waals surface area (Å²) in [7, 11) is 0. The zero-order valence-electron chi connectivity index (χ0n) is 10.4. The lowest BCUT2D eigenvalue weighted by Crippen LogP contribution is -2.31. The average molecular weight is 251 g/mol. The summed E-state index contributed by atoms with van der Waals surface area (Å²) < 4.78 is 1.72. The van der Waals surface area contributed by atoms with Gasteiger partial charge in [0.25, 0.3) is 0 Å². The van der Waals surface area contributed by atoms with E-state index in [4.69, 9.17) is 0 Å². The van der Waals surface area contributed by atoms with Crippen LogP contribution >= 0.6 is 0 Å². The maximum absolute atomic E-state index is 4.55. The van der Waals surface area contributed by atoms with Crippen molar-refractivity contribution in [1.82, 2.24) is 19.8 Å². The third kappa shape index (κ3) is 1.74. The monoisotopic (exact) mass is 251 g/mol. The van der Waals surface area contributed by atoms with Crippen molar-refractivity contribution in [3.8, 4) is 0 Å². The lowest BCUT2D eigenvalue weighted by atomic mass is 10.00. The van der Waals surface area contributed by atoms with Crippen LogP contribution in [0.5, 0.6) is 0 Å². The van der Waals surface area contributed by atoms with Crippen molar-refractivity contribution in [3.05, 3.63) is 53.9 Å². The van der Waals surface area contributed by atoms with Gasteiger partial charge in [0.05, 0.1) is 0 Å². The lowest BCUT2D eigenvalue weighted by Gasteiger charge is -2.29. The standard InChI is InChI=1S/C14H13N5/c1-2-4-12-9-18(8-7-11(12)3-1)14-6-5-13-16-15-10-19(13)17-14/h1-6,10H,7-9H2. The van der Waals surface area contributed by atoms with Gasteiger partial charge in [-0.2, -0.15) is 4.52 Å². The first-order valence-corrected chi connectivity index (χ1v) is 6.39. The Morgan fingerprint density at radius 1 is 1.00 bits per heavy atom. The molecule has 0 atom stereocenters. The summed E-state index contributed by atoms with van der Waals surface area (Å²) in [4.78, 5) is 2.29. The Labute approximate surface area is 110 Å². The van der Waals surface area contributed by atoms with Crippen LogP contribution in [0.4, 0.5) is 5.82 Å². The average Bonchev–Trinajstić information content (AvgIpc) is 2.94. The van der Waals surface area contributed by atoms with E-state index in [2.05, 4.69) is 44.5 Å². The first kappa shape index (κ1) is 10.5. The van der Waals surface area contributed by atoms with E-state index in [9.17, 15) is 0 Å². The molecule has 0 unspecified atom stereocenters. The number of benzene rings is 1. The fourth-order valence-corrected chi connectivity index (χ4v) is 2.58. The summed E-state index contributed by atoms with van der Waals surface area (Å²) in [6.45, 7) is 1.91. The van der Waals surface area contributed by atoms with Crippen LogP contribution in [0.15, 0.2) is 42.7 Å². The summed E-state index contributed by atoms with van der Waals surface area (Å²) in [5.74, 6) is 0.974. The van der Waals surface area contributed by atoms with Crippen LogP contribution in [0.3, 0.4) is 0 Å². The molecule has 0 radical (unpaired) electrons. The van der Waals surface area contributed by atoms with Gasteiger partial charge in [-0.25, -0.2) is 0 Å². The van der Waals surface area contributed by atoms with Gasteiger partial charge in [0.1, 0.15) is 12.1 Å². The number of anilines is 1. The highest BCUT2D eigenvalue weighted by Gasteiger charge is 2.17. The SMILES string of the molecule is c1ccc2c(c1)CCN(c1ccc3nncn3n1)C2. The molecule has 1 aliphatic heterocycles. The second-order valence-corrected chi connectivity index (χ2v) is 4.77. The van der Waals surface area contributed by atoms with Crippen molar-refractivity contribution in [2.75, 3.05) is 11.4 Å². The van der Waals surface area contributed by atoms with E-state index in [-0.39, 0.29) is 0 Å². The third-order valence-electron chi connectivity index (χ3n) is 3.60. The first-order valence-electron chi connectivity index (χ1n) is 6.39. The van der Waals surface area contributed by atoms with Crippen molar-refractivity contribution >= 4 is 11.5 Å². The number of nitrogens with zero attached hydrogens (tertiary/aromatic N) is 5. The number of fused-ring (bicyclic) bond motifs is 2. The highest BCUT2D eigenvalue weighted by molar-refractivity contribution is 5.47. The Hall–Kier alpha value is -2.43. The smallest absolute Gasteiger partial charge is 0.177 e. The number of rotatable bonds is 1. The lowest BCUT2D eigenvalue weighted by molar-refractivity contribution is 0.707. The van der Waals surface area contributed by atoms with Gasteiger partial charge in [0.2, 0.25) is 0 Å². The van der Waals surface area contributed by atoms with Gasteiger partial charge in [-0.15, -0.1) is 15.3 Å². The normalized spacial score (nSPS) is 14.6. The Morgan fingerprint density at radius 2 is 1.89 bits per heavy atom. The van der Waals surface area contributed by atoms with Crippen molar-refractivity contribution in [3.63, 3.8) is 0 Å². The van der Waals surface area contributed by atoms with Gasteiger partial charge in [-0.05, 0) is 29.7 Å². The summed E-state index contributed by atoms with van der Waals surface area (Å²) in [6.07, 6.45) is 2.70. The predicted octanol–water partition coefficient (Wildman–Crippen LogP) is 1.69. The first-order chi connectivity index (χ1) is 9.40. The molecule has 5 nitrogen and oxygen atoms in total. The van der Waals surface area contributed by atoms with Gasteiger partial charge in [0, 0.05) is 13.1 Å². The van der Waals surface area contributed by atoms with Gasteiger partial charge in [0.15, 0.2) is 5.65 Å². The Morgan fingerprint density at radius 3 is 2.84 bits per heavy atom. The fraction of sp³-hybridized carbons (Fsp3) is 0.214. The third-order valence-corrected chi connectivity index (χ3v) is 3.60. The van der Waals surface area contributed by atoms with Crippen LogP contribution in [-0.2, 0) is 13.0 Å². The summed E-state index contributed by atoms with van der Waals surface area (Å²) in [6, 6.07) is 12.6. The molecule has 0 bridgehead atoms. The summed E-state index contributed by atoms with van der Waals surface area (Å²) >= 11 is 0. The quantitative estimate of drug-likeness (QED) is 0.660. The minimum Gasteiger partial charge on any atom is -0.351 e. The molecule has 2 aromatic heterocycles. The molecule has 1 aromatic carbocycles. The highest BCUT2D eigenvalue weighted by atomic mass is 15.4. The van der Waals surface area contributed by atoms with Crippen LogP contribution in [0.2, 0.25) is 0 Å². The van der Waals surface area contributed by atoms with Crippen LogP contribution < -0.4 is 4.90 Å². The number of aromatic nitrogens is 4. The number of hydrogen-bond donors (Lipinski definition) is 0. The highest BCUT2D eigenvalue weighted by Crippen LogP contribution is 2.22. The Balaban J connectivity index is 1.70. The van der Waals surface area contributed by atoms with Crippen molar-refractivity contribution in [2.24, 2.45) is 0 Å². The van der Waals surface area contributed by atoms with E-state index in [0.717, 1.165) is 31.0 Å². The van der Waals surface area contributed by atoms with Gasteiger partial charge in [-0.3, -0.25) is 0 Å². The summed E-state index contributed by atoms with van der Waals surface area (Å²) in [5.41, 5.74) is 3.62. The van der Waals surface area contributed by atoms with Crippen LogP contribution in [0.25, 0.3) is 5.65 Å². The van der Waals surface area contributed by atoms with Crippen molar-refractivity contribution in [2.45, 2.75) is 13.0 Å². The van der Waals surface area contributed by atoms with Crippen LogP contribution in [-0.4, -0.2) is 26.4 Å². The van der Waals surface area contributed by atoms with Gasteiger partial charge >= 0.3 is 0 Å². The van der Waals surface area contributed by atoms with E-state index < -0.39 is 0 Å². The maximum Gasteiger partial charge on any atom is 0.177 e. The minimum atomic E-state index is 0.779. The molecule has 0 amide bonds. The van der Waals surface area contributed by atoms with E-state index >= 15 is 0 Å². The van der Waals surface area contributed by atoms with Crippen molar-refractivity contribution < 1.29 is 0 Å². The molecule has 4 rings (SSSR count). The molecule has 0 fully saturated rings. The molecule has 0 saturated carbocycles. The molecule has 0 N–H and O–H groups in total. The molecule has 0 spiro atoms. The largest absolute Gasteiger partial charge is 0.351 e. The molecule has 0 aliphatic carbocycles. The molecule has 1 aliphatic rings.